The van der Waals surface area contributed by atoms with E-state index < -0.39 is 18.4 Å². The number of carboxylic acids is 1. The van der Waals surface area contributed by atoms with E-state index in [1.165, 1.54) is 19.3 Å². The zero-order chi connectivity index (χ0) is 14.6. The summed E-state index contributed by atoms with van der Waals surface area (Å²) in [6.45, 7) is 1.65. The lowest BCUT2D eigenvalue weighted by molar-refractivity contribution is -0.141. The molecule has 0 bridgehead atoms. The Morgan fingerprint density at radius 2 is 2.05 bits per heavy atom. The van der Waals surface area contributed by atoms with Crippen LogP contribution in [-0.2, 0) is 14.3 Å². The molecular weight excluding hydrogens is 272 g/mol. The quantitative estimate of drug-likeness (QED) is 0.655. The summed E-state index contributed by atoms with van der Waals surface area (Å²) in [5.41, 5.74) is 1.04. The molecule has 1 rings (SSSR count). The van der Waals surface area contributed by atoms with Crippen molar-refractivity contribution in [2.75, 3.05) is 7.11 Å². The minimum Gasteiger partial charge on any atom is -0.506 e. The smallest absolute Gasteiger partial charge is 0.334 e. The minimum atomic E-state index is -1.14. The monoisotopic (exact) mass is 284 g/mol. The summed E-state index contributed by atoms with van der Waals surface area (Å²) in [5, 5.41) is 18.4. The zero-order valence-electron chi connectivity index (χ0n) is 10.4. The minimum absolute atomic E-state index is 0.00356. The Morgan fingerprint density at radius 3 is 2.53 bits per heavy atom. The molecule has 0 aliphatic heterocycles. The van der Waals surface area contributed by atoms with Gasteiger partial charge in [-0.2, -0.15) is 0 Å². The number of carboxylic acid groups (broad SMARTS) is 1. The molecule has 0 fully saturated rings. The largest absolute Gasteiger partial charge is 0.506 e. The number of aromatic hydroxyl groups is 1. The summed E-state index contributed by atoms with van der Waals surface area (Å²) < 4.78 is 4.52. The van der Waals surface area contributed by atoms with Gasteiger partial charge in [-0.25, -0.2) is 4.79 Å². The molecule has 0 saturated carbocycles. The first-order valence-electron chi connectivity index (χ1n) is 5.35. The molecule has 0 atom stereocenters. The van der Waals surface area contributed by atoms with Gasteiger partial charge in [-0.05, 0) is 36.3 Å². The molecule has 1 aromatic rings. The predicted octanol–water partition coefficient (Wildman–Crippen LogP) is 2.39. The van der Waals surface area contributed by atoms with Crippen LogP contribution in [0.4, 0.5) is 0 Å². The van der Waals surface area contributed by atoms with Crippen LogP contribution in [0.1, 0.15) is 17.5 Å². The molecule has 0 spiro atoms. The maximum atomic E-state index is 11.5. The van der Waals surface area contributed by atoms with Crippen LogP contribution in [0.15, 0.2) is 17.7 Å². The molecule has 1 aromatic carbocycles. The number of esters is 1. The number of hydrogen-bond acceptors (Lipinski definition) is 4. The lowest BCUT2D eigenvalue weighted by Crippen LogP contribution is -2.09. The molecule has 6 heteroatoms. The maximum absolute atomic E-state index is 11.5. The number of carbonyl (C=O) groups excluding carboxylic acids is 1. The molecule has 19 heavy (non-hydrogen) atoms. The van der Waals surface area contributed by atoms with E-state index in [0.717, 1.165) is 0 Å². The van der Waals surface area contributed by atoms with E-state index in [1.807, 2.05) is 0 Å². The van der Waals surface area contributed by atoms with Crippen LogP contribution in [0, 0.1) is 6.92 Å². The molecule has 0 aromatic heterocycles. The first-order valence-corrected chi connectivity index (χ1v) is 5.72. The summed E-state index contributed by atoms with van der Waals surface area (Å²) in [6.07, 6.45) is 0.919. The van der Waals surface area contributed by atoms with Crippen LogP contribution in [0.2, 0.25) is 5.02 Å². The highest BCUT2D eigenvalue weighted by Gasteiger charge is 2.14. The molecule has 2 N–H and O–H groups in total. The second-order valence-electron chi connectivity index (χ2n) is 3.90. The second kappa shape index (κ2) is 6.24. The van der Waals surface area contributed by atoms with Gasteiger partial charge >= 0.3 is 11.9 Å². The number of phenolic OH excluding ortho intramolecular Hbond substituents is 1. The van der Waals surface area contributed by atoms with E-state index in [2.05, 4.69) is 4.74 Å². The molecule has 0 aliphatic carbocycles. The summed E-state index contributed by atoms with van der Waals surface area (Å²) >= 11 is 5.81. The summed E-state index contributed by atoms with van der Waals surface area (Å²) in [4.78, 5) is 22.1. The zero-order valence-corrected chi connectivity index (χ0v) is 11.2. The van der Waals surface area contributed by atoms with Gasteiger partial charge < -0.3 is 14.9 Å². The molecule has 5 nitrogen and oxygen atoms in total. The molecule has 0 radical (unpaired) electrons. The van der Waals surface area contributed by atoms with Gasteiger partial charge in [-0.3, -0.25) is 4.79 Å². The number of halogens is 1. The number of hydrogen-bond donors (Lipinski definition) is 2. The van der Waals surface area contributed by atoms with Crippen molar-refractivity contribution >= 4 is 29.6 Å². The highest BCUT2D eigenvalue weighted by atomic mass is 35.5. The van der Waals surface area contributed by atoms with Crippen molar-refractivity contribution in [2.45, 2.75) is 13.3 Å². The molecule has 0 unspecified atom stereocenters. The predicted molar refractivity (Wildman–Crippen MR) is 70.1 cm³/mol. The Morgan fingerprint density at radius 1 is 1.42 bits per heavy atom. The lowest BCUT2D eigenvalue weighted by atomic mass is 10.1. The summed E-state index contributed by atoms with van der Waals surface area (Å²) in [6, 6.07) is 3.03. The number of aryl methyl sites for hydroxylation is 1. The van der Waals surface area contributed by atoms with E-state index in [9.17, 15) is 14.7 Å². The number of aliphatic carboxylic acids is 1. The van der Waals surface area contributed by atoms with E-state index in [-0.39, 0.29) is 16.3 Å². The van der Waals surface area contributed by atoms with Crippen LogP contribution in [-0.4, -0.2) is 29.3 Å². The highest BCUT2D eigenvalue weighted by molar-refractivity contribution is 6.32. The molecular formula is C13H13ClO5. The van der Waals surface area contributed by atoms with Crippen LogP contribution in [0.3, 0.4) is 0 Å². The van der Waals surface area contributed by atoms with E-state index in [1.54, 1.807) is 13.0 Å². The van der Waals surface area contributed by atoms with Crippen molar-refractivity contribution in [3.63, 3.8) is 0 Å². The summed E-state index contributed by atoms with van der Waals surface area (Å²) in [7, 11) is 1.17. The van der Waals surface area contributed by atoms with Gasteiger partial charge in [0.2, 0.25) is 0 Å². The average Bonchev–Trinajstić information content (AvgIpc) is 2.33. The van der Waals surface area contributed by atoms with Crippen molar-refractivity contribution in [3.8, 4) is 5.75 Å². The van der Waals surface area contributed by atoms with Crippen LogP contribution in [0.5, 0.6) is 5.75 Å². The van der Waals surface area contributed by atoms with E-state index >= 15 is 0 Å². The fourth-order valence-corrected chi connectivity index (χ4v) is 1.80. The highest BCUT2D eigenvalue weighted by Crippen LogP contribution is 2.29. The maximum Gasteiger partial charge on any atom is 0.334 e. The molecule has 0 amide bonds. The standard InChI is InChI=1S/C13H13ClO5/c1-7-3-8(5-10(14)12(7)17)4-9(6-11(15)16)13(18)19-2/h3-5,17H,6H2,1-2H3,(H,15,16)/b9-4-. The number of methoxy groups -OCH3 is 1. The van der Waals surface area contributed by atoms with Gasteiger partial charge in [0.15, 0.2) is 0 Å². The van der Waals surface area contributed by atoms with Gasteiger partial charge in [0.25, 0.3) is 0 Å². The van der Waals surface area contributed by atoms with Gasteiger partial charge in [-0.1, -0.05) is 11.6 Å². The average molecular weight is 285 g/mol. The van der Waals surface area contributed by atoms with Crippen molar-refractivity contribution < 1.29 is 24.5 Å². The Balaban J connectivity index is 3.21. The third-order valence-corrected chi connectivity index (χ3v) is 2.69. The van der Waals surface area contributed by atoms with Crippen LogP contribution < -0.4 is 0 Å². The van der Waals surface area contributed by atoms with Crippen LogP contribution >= 0.6 is 11.6 Å². The fraction of sp³-hybridized carbons (Fsp3) is 0.231. The Bertz CT molecular complexity index is 525. The normalized spacial score (nSPS) is 11.2. The van der Waals surface area contributed by atoms with E-state index in [0.29, 0.717) is 11.1 Å². The fourth-order valence-electron chi connectivity index (χ4n) is 1.52. The number of benzene rings is 1. The summed E-state index contributed by atoms with van der Waals surface area (Å²) in [5.74, 6) is -1.90. The van der Waals surface area contributed by atoms with Gasteiger partial charge in [0.1, 0.15) is 5.75 Å². The SMILES string of the molecule is COC(=O)/C(=C\c1cc(C)c(O)c(Cl)c1)CC(=O)O. The first kappa shape index (κ1) is 15.0. The van der Waals surface area contributed by atoms with Gasteiger partial charge in [0.05, 0.1) is 18.6 Å². The Hall–Kier alpha value is -2.01. The first-order chi connectivity index (χ1) is 8.85. The van der Waals surface area contributed by atoms with Gasteiger partial charge in [0, 0.05) is 5.57 Å². The van der Waals surface area contributed by atoms with Crippen molar-refractivity contribution in [2.24, 2.45) is 0 Å². The lowest BCUT2D eigenvalue weighted by Gasteiger charge is -2.06. The van der Waals surface area contributed by atoms with Crippen molar-refractivity contribution in [3.05, 3.63) is 33.9 Å². The van der Waals surface area contributed by atoms with Crippen molar-refractivity contribution in [1.82, 2.24) is 0 Å². The third kappa shape index (κ3) is 3.99. The number of phenols is 1. The van der Waals surface area contributed by atoms with Crippen LogP contribution in [0.25, 0.3) is 6.08 Å². The number of ether oxygens (including phenoxy) is 1. The molecule has 102 valence electrons. The molecule has 0 heterocycles. The van der Waals surface area contributed by atoms with Gasteiger partial charge in [-0.15, -0.1) is 0 Å². The number of rotatable bonds is 4. The Labute approximate surface area is 115 Å². The third-order valence-electron chi connectivity index (χ3n) is 2.41. The van der Waals surface area contributed by atoms with Crippen molar-refractivity contribution in [1.29, 1.82) is 0 Å². The number of carbonyl (C=O) groups is 2. The molecule has 0 aliphatic rings. The molecule has 0 saturated heterocycles. The topological polar surface area (TPSA) is 83.8 Å². The Kier molecular flexibility index (Phi) is 4.94. The van der Waals surface area contributed by atoms with E-state index in [4.69, 9.17) is 16.7 Å². The second-order valence-corrected chi connectivity index (χ2v) is 4.31.